The highest BCUT2D eigenvalue weighted by Gasteiger charge is 2.47. The number of esters is 1. The number of hydrogen-bond donors (Lipinski definition) is 1. The van der Waals surface area contributed by atoms with Gasteiger partial charge in [-0.3, -0.25) is 4.79 Å². The van der Waals surface area contributed by atoms with Crippen LogP contribution in [-0.2, 0) is 36.1 Å². The molecule has 9 nitrogen and oxygen atoms in total. The van der Waals surface area contributed by atoms with Crippen LogP contribution >= 0.6 is 0 Å². The van der Waals surface area contributed by atoms with Gasteiger partial charge in [0.2, 0.25) is 10.0 Å². The third kappa shape index (κ3) is 6.34. The first-order valence-electron chi connectivity index (χ1n) is 15.7. The molecule has 46 heavy (non-hydrogen) atoms. The highest BCUT2D eigenvalue weighted by molar-refractivity contribution is 7.88. The topological polar surface area (TPSA) is 121 Å². The molecule has 1 fully saturated rings. The van der Waals surface area contributed by atoms with Gasteiger partial charge in [0.25, 0.3) is 0 Å². The summed E-state index contributed by atoms with van der Waals surface area (Å²) in [4.78, 5) is 17.1. The number of aryl methyl sites for hydroxylation is 1. The molecule has 1 saturated heterocycles. The summed E-state index contributed by atoms with van der Waals surface area (Å²) in [5.74, 6) is 0.839. The first-order valence-corrected chi connectivity index (χ1v) is 17.6. The third-order valence-corrected chi connectivity index (χ3v) is 10.9. The standard InChI is InChI=1S/C36H41N3O6S/c1-24-7-4-10-32(29(24)22-34(40)44-20-6-19-43-2)45-33-23-36(14-17-39(18-15-36)46(3,41)42)31-12-11-25(21-30(31)33)26-8-5-9-28-27(26)13-16-38-35(28)37/h4-5,7-13,16,21,33H,6,14-15,17-20,22-23H2,1-3H3,(H2,37,38). The van der Waals surface area contributed by atoms with E-state index in [0.29, 0.717) is 63.6 Å². The molecule has 1 aliphatic heterocycles. The van der Waals surface area contributed by atoms with Gasteiger partial charge >= 0.3 is 5.97 Å². The Labute approximate surface area is 270 Å². The lowest BCUT2D eigenvalue weighted by Crippen LogP contribution is -2.44. The number of aromatic nitrogens is 1. The van der Waals surface area contributed by atoms with Crippen molar-refractivity contribution in [2.24, 2.45) is 0 Å². The number of rotatable bonds is 10. The van der Waals surface area contributed by atoms with E-state index in [9.17, 15) is 13.2 Å². The van der Waals surface area contributed by atoms with Crippen molar-refractivity contribution in [2.45, 2.75) is 50.5 Å². The van der Waals surface area contributed by atoms with Crippen LogP contribution in [0.1, 0.15) is 54.0 Å². The number of sulfonamides is 1. The Morgan fingerprint density at radius 3 is 2.59 bits per heavy atom. The van der Waals surface area contributed by atoms with Crippen LogP contribution in [0.25, 0.3) is 21.9 Å². The number of pyridine rings is 1. The Kier molecular flexibility index (Phi) is 9.05. The van der Waals surface area contributed by atoms with E-state index in [-0.39, 0.29) is 23.9 Å². The largest absolute Gasteiger partial charge is 0.485 e. The molecular formula is C36H41N3O6S. The smallest absolute Gasteiger partial charge is 0.310 e. The van der Waals surface area contributed by atoms with E-state index < -0.39 is 10.0 Å². The molecule has 2 heterocycles. The van der Waals surface area contributed by atoms with Crippen LogP contribution in [0.3, 0.4) is 0 Å². The van der Waals surface area contributed by atoms with Crippen molar-refractivity contribution in [2.75, 3.05) is 45.4 Å². The predicted molar refractivity (Wildman–Crippen MR) is 179 cm³/mol. The van der Waals surface area contributed by atoms with E-state index >= 15 is 0 Å². The SMILES string of the molecule is COCCCOC(=O)Cc1c(C)cccc1OC1CC2(CCN(S(C)(=O)=O)CC2)c2ccc(-c3cccc4c(N)nccc34)cc21. The van der Waals surface area contributed by atoms with Crippen LogP contribution < -0.4 is 10.5 Å². The Morgan fingerprint density at radius 2 is 1.83 bits per heavy atom. The Balaban J connectivity index is 1.37. The molecule has 1 aromatic heterocycles. The fourth-order valence-corrected chi connectivity index (χ4v) is 7.96. The van der Waals surface area contributed by atoms with Gasteiger partial charge < -0.3 is 19.9 Å². The van der Waals surface area contributed by atoms with E-state index in [1.54, 1.807) is 17.6 Å². The average molecular weight is 644 g/mol. The number of piperidine rings is 1. The number of carbonyl (C=O) groups excluding carboxylic acids is 1. The molecule has 4 aromatic rings. The normalized spacial score (nSPS) is 17.7. The number of nitrogens with zero attached hydrogens (tertiary/aromatic N) is 2. The maximum Gasteiger partial charge on any atom is 0.310 e. The predicted octanol–water partition coefficient (Wildman–Crippen LogP) is 5.73. The monoisotopic (exact) mass is 643 g/mol. The minimum absolute atomic E-state index is 0.106. The summed E-state index contributed by atoms with van der Waals surface area (Å²) in [7, 11) is -1.65. The van der Waals surface area contributed by atoms with Gasteiger partial charge in [0, 0.05) is 55.8 Å². The highest BCUT2D eigenvalue weighted by atomic mass is 32.2. The van der Waals surface area contributed by atoms with Crippen molar-refractivity contribution in [3.05, 3.63) is 89.1 Å². The fraction of sp³-hybridized carbons (Fsp3) is 0.389. The van der Waals surface area contributed by atoms with E-state index in [4.69, 9.17) is 19.9 Å². The second-order valence-electron chi connectivity index (χ2n) is 12.4. The zero-order valence-electron chi connectivity index (χ0n) is 26.6. The van der Waals surface area contributed by atoms with Crippen LogP contribution in [0.2, 0.25) is 0 Å². The second-order valence-corrected chi connectivity index (χ2v) is 14.4. The number of hydrogen-bond acceptors (Lipinski definition) is 8. The molecule has 0 amide bonds. The van der Waals surface area contributed by atoms with Gasteiger partial charge in [0.05, 0.1) is 19.3 Å². The summed E-state index contributed by atoms with van der Waals surface area (Å²) in [6.45, 7) is 3.74. The summed E-state index contributed by atoms with van der Waals surface area (Å²) >= 11 is 0. The van der Waals surface area contributed by atoms with Gasteiger partial charge in [-0.25, -0.2) is 17.7 Å². The maximum absolute atomic E-state index is 12.8. The Bertz CT molecular complexity index is 1870. The molecule has 1 aliphatic carbocycles. The number of fused-ring (bicyclic) bond motifs is 3. The fourth-order valence-electron chi connectivity index (χ4n) is 7.11. The quantitative estimate of drug-likeness (QED) is 0.172. The lowest BCUT2D eigenvalue weighted by atomic mass is 9.74. The van der Waals surface area contributed by atoms with Crippen LogP contribution in [0, 0.1) is 6.92 Å². The first-order chi connectivity index (χ1) is 22.1. The zero-order valence-corrected chi connectivity index (χ0v) is 27.4. The van der Waals surface area contributed by atoms with Gasteiger partial charge in [-0.05, 0) is 77.6 Å². The van der Waals surface area contributed by atoms with Gasteiger partial charge in [-0.15, -0.1) is 0 Å². The number of nitrogens with two attached hydrogens (primary N) is 1. The molecule has 0 saturated carbocycles. The van der Waals surface area contributed by atoms with Gasteiger partial charge in [-0.2, -0.15) is 0 Å². The summed E-state index contributed by atoms with van der Waals surface area (Å²) in [5.41, 5.74) is 12.1. The van der Waals surface area contributed by atoms with Crippen LogP contribution in [-0.4, -0.2) is 63.3 Å². The van der Waals surface area contributed by atoms with Gasteiger partial charge in [-0.1, -0.05) is 42.5 Å². The van der Waals surface area contributed by atoms with Crippen LogP contribution in [0.4, 0.5) is 5.82 Å². The van der Waals surface area contributed by atoms with Gasteiger partial charge in [0.1, 0.15) is 17.7 Å². The lowest BCUT2D eigenvalue weighted by molar-refractivity contribution is -0.143. The number of ether oxygens (including phenoxy) is 3. The Hall–Kier alpha value is -3.99. The molecule has 0 radical (unpaired) electrons. The molecule has 10 heteroatoms. The van der Waals surface area contributed by atoms with Crippen molar-refractivity contribution in [1.82, 2.24) is 9.29 Å². The van der Waals surface area contributed by atoms with E-state index in [1.165, 1.54) is 11.8 Å². The van der Waals surface area contributed by atoms with E-state index in [0.717, 1.165) is 38.6 Å². The van der Waals surface area contributed by atoms with Gasteiger partial charge in [0.15, 0.2) is 0 Å². The number of carbonyl (C=O) groups is 1. The number of benzene rings is 3. The van der Waals surface area contributed by atoms with Crippen molar-refractivity contribution in [1.29, 1.82) is 0 Å². The summed E-state index contributed by atoms with van der Waals surface area (Å²) in [6, 6.07) is 20.4. The van der Waals surface area contributed by atoms with Crippen molar-refractivity contribution in [3.8, 4) is 16.9 Å². The molecule has 242 valence electrons. The minimum Gasteiger partial charge on any atom is -0.485 e. The molecule has 1 unspecified atom stereocenters. The molecule has 2 N–H and O–H groups in total. The summed E-state index contributed by atoms with van der Waals surface area (Å²) in [6.07, 6.45) is 5.58. The zero-order chi connectivity index (χ0) is 32.5. The summed E-state index contributed by atoms with van der Waals surface area (Å²) < 4.78 is 43.8. The minimum atomic E-state index is -3.27. The molecule has 1 atom stereocenters. The maximum atomic E-state index is 12.8. The van der Waals surface area contributed by atoms with Crippen LogP contribution in [0.15, 0.2) is 66.9 Å². The highest BCUT2D eigenvalue weighted by Crippen LogP contribution is 2.53. The van der Waals surface area contributed by atoms with Crippen molar-refractivity contribution < 1.29 is 27.4 Å². The number of anilines is 1. The molecule has 2 aliphatic rings. The van der Waals surface area contributed by atoms with Crippen molar-refractivity contribution >= 4 is 32.6 Å². The molecular weight excluding hydrogens is 602 g/mol. The van der Waals surface area contributed by atoms with E-state index in [2.05, 4.69) is 29.2 Å². The van der Waals surface area contributed by atoms with Crippen LogP contribution in [0.5, 0.6) is 5.75 Å². The molecule has 6 rings (SSSR count). The second kappa shape index (κ2) is 13.0. The Morgan fingerprint density at radius 1 is 1.04 bits per heavy atom. The van der Waals surface area contributed by atoms with Crippen molar-refractivity contribution in [3.63, 3.8) is 0 Å². The molecule has 3 aromatic carbocycles. The summed E-state index contributed by atoms with van der Waals surface area (Å²) in [5, 5.41) is 1.92. The van der Waals surface area contributed by atoms with E-state index in [1.807, 2.05) is 43.3 Å². The third-order valence-electron chi connectivity index (χ3n) is 9.56. The average Bonchev–Trinajstić information content (AvgIpc) is 3.32. The number of nitrogen functional groups attached to an aromatic ring is 1. The molecule has 0 bridgehead atoms. The number of methoxy groups -OCH3 is 1. The lowest BCUT2D eigenvalue weighted by Gasteiger charge is -2.39. The molecule has 1 spiro atoms. The first kappa shape index (κ1) is 32.0.